The van der Waals surface area contributed by atoms with Crippen LogP contribution in [0.3, 0.4) is 0 Å². The lowest BCUT2D eigenvalue weighted by Crippen LogP contribution is -2.48. The molecule has 0 spiro atoms. The van der Waals surface area contributed by atoms with Crippen LogP contribution >= 0.6 is 0 Å². The number of nitrogens with zero attached hydrogens (tertiary/aromatic N) is 1. The Bertz CT molecular complexity index is 307. The molecule has 1 heterocycles. The van der Waals surface area contributed by atoms with E-state index in [1.165, 1.54) is 30.4 Å². The fourth-order valence-electron chi connectivity index (χ4n) is 4.04. The van der Waals surface area contributed by atoms with Crippen molar-refractivity contribution in [2.45, 2.75) is 53.0 Å². The van der Waals surface area contributed by atoms with Crippen LogP contribution in [0.1, 0.15) is 47.0 Å². The summed E-state index contributed by atoms with van der Waals surface area (Å²) in [4.78, 5) is 11.9. The first-order valence-electron chi connectivity index (χ1n) is 7.68. The Labute approximate surface area is 112 Å². The number of carbonyl (C=O) groups is 1. The first-order valence-corrected chi connectivity index (χ1v) is 7.68. The van der Waals surface area contributed by atoms with Gasteiger partial charge in [-0.05, 0) is 32.6 Å². The molecule has 1 saturated carbocycles. The van der Waals surface area contributed by atoms with Crippen molar-refractivity contribution in [1.82, 2.24) is 0 Å². The predicted octanol–water partition coefficient (Wildman–Crippen LogP) is 3.11. The van der Waals surface area contributed by atoms with Gasteiger partial charge < -0.3 is 4.48 Å². The number of ketones is 1. The Morgan fingerprint density at radius 1 is 1.11 bits per heavy atom. The summed E-state index contributed by atoms with van der Waals surface area (Å²) in [6, 6.07) is 0.742. The van der Waals surface area contributed by atoms with Gasteiger partial charge in [0.05, 0.1) is 26.2 Å². The number of hydrogen-bond donors (Lipinski definition) is 0. The minimum atomic E-state index is 0.224. The molecular formula is C16H30NO+. The molecule has 2 aliphatic rings. The zero-order chi connectivity index (χ0) is 13.5. The van der Waals surface area contributed by atoms with Gasteiger partial charge in [0.25, 0.3) is 0 Å². The smallest absolute Gasteiger partial charge is 0.135 e. The van der Waals surface area contributed by atoms with Crippen LogP contribution in [-0.4, -0.2) is 36.4 Å². The van der Waals surface area contributed by atoms with Gasteiger partial charge in [-0.15, -0.1) is 0 Å². The third-order valence-corrected chi connectivity index (χ3v) is 5.62. The maximum absolute atomic E-state index is 11.9. The standard InChI is InChI=1S/C16H30NO/c1-11(2)16(18)8-13-6-14-9-17(5,12(3)4)10-15(14)7-13/h11-15H,6-10H2,1-5H3/q+1. The maximum atomic E-state index is 11.9. The number of quaternary nitrogens is 1. The number of hydrogen-bond acceptors (Lipinski definition) is 1. The van der Waals surface area contributed by atoms with Gasteiger partial charge in [-0.3, -0.25) is 4.79 Å². The second-order valence-electron chi connectivity index (χ2n) is 7.62. The van der Waals surface area contributed by atoms with E-state index in [-0.39, 0.29) is 5.92 Å². The van der Waals surface area contributed by atoms with E-state index in [9.17, 15) is 4.79 Å². The van der Waals surface area contributed by atoms with E-state index in [4.69, 9.17) is 0 Å². The number of carbonyl (C=O) groups excluding carboxylic acids is 1. The molecule has 2 fully saturated rings. The summed E-state index contributed by atoms with van der Waals surface area (Å²) >= 11 is 0. The number of likely N-dealkylation sites (tertiary alicyclic amines) is 1. The van der Waals surface area contributed by atoms with Crippen LogP contribution in [0.15, 0.2) is 0 Å². The molecule has 2 atom stereocenters. The quantitative estimate of drug-likeness (QED) is 0.703. The molecule has 2 rings (SSSR count). The van der Waals surface area contributed by atoms with Crippen molar-refractivity contribution in [3.05, 3.63) is 0 Å². The first-order chi connectivity index (χ1) is 8.32. The molecule has 0 N–H and O–H groups in total. The third-order valence-electron chi connectivity index (χ3n) is 5.62. The molecule has 0 aromatic rings. The van der Waals surface area contributed by atoms with Gasteiger partial charge in [-0.1, -0.05) is 13.8 Å². The highest BCUT2D eigenvalue weighted by atomic mass is 16.1. The van der Waals surface area contributed by atoms with E-state index in [2.05, 4.69) is 20.9 Å². The maximum Gasteiger partial charge on any atom is 0.135 e. The molecule has 104 valence electrons. The lowest BCUT2D eigenvalue weighted by Gasteiger charge is -2.35. The molecule has 2 heteroatoms. The van der Waals surface area contributed by atoms with Crippen LogP contribution in [0.5, 0.6) is 0 Å². The fraction of sp³-hybridized carbons (Fsp3) is 0.938. The molecule has 1 aliphatic heterocycles. The van der Waals surface area contributed by atoms with Crippen molar-refractivity contribution in [3.8, 4) is 0 Å². The van der Waals surface area contributed by atoms with E-state index in [0.29, 0.717) is 11.7 Å². The first kappa shape index (κ1) is 14.0. The van der Waals surface area contributed by atoms with Crippen LogP contribution in [0.4, 0.5) is 0 Å². The second kappa shape index (κ2) is 4.96. The largest absolute Gasteiger partial charge is 0.324 e. The number of rotatable bonds is 4. The monoisotopic (exact) mass is 252 g/mol. The predicted molar refractivity (Wildman–Crippen MR) is 75.2 cm³/mol. The van der Waals surface area contributed by atoms with Gasteiger partial charge >= 0.3 is 0 Å². The molecule has 0 aromatic carbocycles. The highest BCUT2D eigenvalue weighted by Gasteiger charge is 2.49. The summed E-state index contributed by atoms with van der Waals surface area (Å²) in [6.07, 6.45) is 3.46. The van der Waals surface area contributed by atoms with Crippen LogP contribution in [0.25, 0.3) is 0 Å². The summed E-state index contributed by atoms with van der Waals surface area (Å²) in [6.45, 7) is 11.4. The van der Waals surface area contributed by atoms with Crippen molar-refractivity contribution in [3.63, 3.8) is 0 Å². The van der Waals surface area contributed by atoms with Gasteiger partial charge in [0.15, 0.2) is 0 Å². The van der Waals surface area contributed by atoms with Crippen molar-refractivity contribution < 1.29 is 9.28 Å². The average molecular weight is 252 g/mol. The topological polar surface area (TPSA) is 17.1 Å². The molecular weight excluding hydrogens is 222 g/mol. The molecule has 0 radical (unpaired) electrons. The van der Waals surface area contributed by atoms with Crippen LogP contribution in [0, 0.1) is 23.7 Å². The second-order valence-corrected chi connectivity index (χ2v) is 7.62. The normalized spacial score (nSPS) is 39.6. The highest BCUT2D eigenvalue weighted by Crippen LogP contribution is 2.45. The van der Waals surface area contributed by atoms with E-state index in [1.54, 1.807) is 0 Å². The molecule has 0 amide bonds. The molecule has 2 unspecified atom stereocenters. The summed E-state index contributed by atoms with van der Waals surface area (Å²) in [5.41, 5.74) is 0. The van der Waals surface area contributed by atoms with Crippen molar-refractivity contribution in [1.29, 1.82) is 0 Å². The Morgan fingerprint density at radius 3 is 2.00 bits per heavy atom. The van der Waals surface area contributed by atoms with E-state index in [0.717, 1.165) is 24.3 Å². The molecule has 1 saturated heterocycles. The number of Topliss-reactive ketones (excluding diaryl/α,β-unsaturated/α-hetero) is 1. The van der Waals surface area contributed by atoms with Crippen LogP contribution in [0.2, 0.25) is 0 Å². The summed E-state index contributed by atoms with van der Waals surface area (Å²) in [5, 5.41) is 0. The summed E-state index contributed by atoms with van der Waals surface area (Å²) < 4.78 is 1.25. The van der Waals surface area contributed by atoms with Crippen LogP contribution in [-0.2, 0) is 4.79 Å². The Balaban J connectivity index is 1.88. The average Bonchev–Trinajstić information content (AvgIpc) is 2.72. The Morgan fingerprint density at radius 2 is 1.61 bits per heavy atom. The minimum absolute atomic E-state index is 0.224. The van der Waals surface area contributed by atoms with Crippen LogP contribution < -0.4 is 0 Å². The lowest BCUT2D eigenvalue weighted by molar-refractivity contribution is -0.921. The van der Waals surface area contributed by atoms with Gasteiger partial charge in [0.2, 0.25) is 0 Å². The van der Waals surface area contributed by atoms with E-state index >= 15 is 0 Å². The molecule has 1 aliphatic carbocycles. The van der Waals surface area contributed by atoms with Crippen molar-refractivity contribution in [2.75, 3.05) is 20.1 Å². The molecule has 2 nitrogen and oxygen atoms in total. The Hall–Kier alpha value is -0.370. The Kier molecular flexibility index (Phi) is 3.87. The lowest BCUT2D eigenvalue weighted by atomic mass is 9.94. The molecule has 0 bridgehead atoms. The van der Waals surface area contributed by atoms with Gasteiger partial charge in [-0.2, -0.15) is 0 Å². The fourth-order valence-corrected chi connectivity index (χ4v) is 4.04. The minimum Gasteiger partial charge on any atom is -0.324 e. The SMILES string of the molecule is CC(C)C(=O)CC1CC2C[N+](C)(C(C)C)CC2C1. The molecule has 18 heavy (non-hydrogen) atoms. The molecule has 0 aromatic heterocycles. The van der Waals surface area contributed by atoms with Crippen molar-refractivity contribution in [2.24, 2.45) is 23.7 Å². The van der Waals surface area contributed by atoms with Gasteiger partial charge in [0, 0.05) is 24.2 Å². The zero-order valence-electron chi connectivity index (χ0n) is 12.8. The third kappa shape index (κ3) is 2.64. The van der Waals surface area contributed by atoms with E-state index < -0.39 is 0 Å². The summed E-state index contributed by atoms with van der Waals surface area (Å²) in [7, 11) is 2.41. The van der Waals surface area contributed by atoms with Crippen molar-refractivity contribution >= 4 is 5.78 Å². The highest BCUT2D eigenvalue weighted by molar-refractivity contribution is 5.80. The number of fused-ring (bicyclic) bond motifs is 1. The summed E-state index contributed by atoms with van der Waals surface area (Å²) in [5.74, 6) is 3.17. The van der Waals surface area contributed by atoms with Gasteiger partial charge in [-0.25, -0.2) is 0 Å². The van der Waals surface area contributed by atoms with Gasteiger partial charge in [0.1, 0.15) is 5.78 Å². The van der Waals surface area contributed by atoms with E-state index in [1.807, 2.05) is 13.8 Å². The zero-order valence-corrected chi connectivity index (χ0v) is 12.8.